The number of aromatic nitrogens is 4. The number of hydrogen-bond acceptors (Lipinski definition) is 9. The van der Waals surface area contributed by atoms with Crippen molar-refractivity contribution in [2.75, 3.05) is 22.1 Å². The molecule has 0 aliphatic carbocycles. The van der Waals surface area contributed by atoms with E-state index in [1.807, 2.05) is 48.5 Å². The molecule has 0 fully saturated rings. The largest absolute Gasteiger partial charge is 0.457 e. The number of ether oxygens (including phenoxy) is 1. The fourth-order valence-corrected chi connectivity index (χ4v) is 2.53. The molecule has 0 bridgehead atoms. The summed E-state index contributed by atoms with van der Waals surface area (Å²) in [4.78, 5) is 15.9. The lowest BCUT2D eigenvalue weighted by molar-refractivity contribution is 0.483. The summed E-state index contributed by atoms with van der Waals surface area (Å²) in [5, 5.41) is 6.31. The van der Waals surface area contributed by atoms with Gasteiger partial charge in [-0.2, -0.15) is 9.97 Å². The third-order valence-electron chi connectivity index (χ3n) is 3.84. The van der Waals surface area contributed by atoms with Gasteiger partial charge in [0.25, 0.3) is 0 Å². The zero-order chi connectivity index (χ0) is 20.1. The second kappa shape index (κ2) is 9.39. The second-order valence-corrected chi connectivity index (χ2v) is 6.00. The van der Waals surface area contributed by atoms with Crippen LogP contribution in [0.2, 0.25) is 0 Å². The Morgan fingerprint density at radius 2 is 1.00 bits per heavy atom. The minimum atomic E-state index is 0. The molecule has 0 saturated heterocycles. The van der Waals surface area contributed by atoms with Crippen molar-refractivity contribution in [1.29, 1.82) is 0 Å². The summed E-state index contributed by atoms with van der Waals surface area (Å²) in [6.45, 7) is 0. The first kappa shape index (κ1) is 20.6. The molecule has 0 saturated carbocycles. The summed E-state index contributed by atoms with van der Waals surface area (Å²) >= 11 is 0. The number of hydrogen-bond donors (Lipinski definition) is 4. The first-order valence-electron chi connectivity index (χ1n) is 8.73. The summed E-state index contributed by atoms with van der Waals surface area (Å²) < 4.78 is 5.88. The fourth-order valence-electron chi connectivity index (χ4n) is 2.53. The van der Waals surface area contributed by atoms with Crippen LogP contribution < -0.4 is 26.8 Å². The number of halogens is 1. The van der Waals surface area contributed by atoms with Crippen LogP contribution in [-0.2, 0) is 0 Å². The number of anilines is 6. The second-order valence-electron chi connectivity index (χ2n) is 6.00. The van der Waals surface area contributed by atoms with E-state index in [9.17, 15) is 0 Å². The number of rotatable bonds is 6. The maximum absolute atomic E-state index is 5.88. The monoisotopic (exact) mass is 422 g/mol. The van der Waals surface area contributed by atoms with Crippen LogP contribution in [0, 0.1) is 0 Å². The zero-order valence-corrected chi connectivity index (χ0v) is 16.5. The number of nitrogens with zero attached hydrogens (tertiary/aromatic N) is 4. The average Bonchev–Trinajstić information content (AvgIpc) is 2.71. The van der Waals surface area contributed by atoms with Crippen LogP contribution in [0.25, 0.3) is 0 Å². The van der Waals surface area contributed by atoms with Gasteiger partial charge in [-0.1, -0.05) is 0 Å². The van der Waals surface area contributed by atoms with Crippen molar-refractivity contribution in [1.82, 2.24) is 19.9 Å². The van der Waals surface area contributed by atoms with E-state index in [4.69, 9.17) is 16.2 Å². The Balaban J connectivity index is 0.00000256. The molecule has 152 valence electrons. The van der Waals surface area contributed by atoms with Crippen LogP contribution in [-0.4, -0.2) is 19.9 Å². The van der Waals surface area contributed by atoms with Crippen LogP contribution in [0.3, 0.4) is 0 Å². The maximum atomic E-state index is 5.88. The van der Waals surface area contributed by atoms with Crippen molar-refractivity contribution in [3.63, 3.8) is 0 Å². The molecular weight excluding hydrogens is 404 g/mol. The number of nitrogens with two attached hydrogens (primary N) is 2. The third kappa shape index (κ3) is 5.46. The molecule has 2 aromatic carbocycles. The average molecular weight is 423 g/mol. The first-order chi connectivity index (χ1) is 14.1. The Bertz CT molecular complexity index is 1020. The smallest absolute Gasteiger partial charge is 0.221 e. The first-order valence-corrected chi connectivity index (χ1v) is 8.73. The molecule has 30 heavy (non-hydrogen) atoms. The molecule has 0 amide bonds. The summed E-state index contributed by atoms with van der Waals surface area (Å²) in [7, 11) is 0. The molecule has 10 heteroatoms. The van der Waals surface area contributed by atoms with E-state index < -0.39 is 0 Å². The van der Waals surface area contributed by atoms with Gasteiger partial charge in [-0.05, 0) is 60.7 Å². The van der Waals surface area contributed by atoms with Crippen molar-refractivity contribution in [3.05, 3.63) is 73.1 Å². The Kier molecular flexibility index (Phi) is 6.46. The molecule has 6 N–H and O–H groups in total. The van der Waals surface area contributed by atoms with E-state index in [1.54, 1.807) is 24.5 Å². The SMILES string of the molecule is Cl.Nc1nccc(Nc2ccc(Oc3ccc(Nc4ccnc(N)n4)cc3)cc2)n1. The lowest BCUT2D eigenvalue weighted by atomic mass is 10.2. The van der Waals surface area contributed by atoms with Gasteiger partial charge in [0.2, 0.25) is 11.9 Å². The molecule has 9 nitrogen and oxygen atoms in total. The van der Waals surface area contributed by atoms with Gasteiger partial charge >= 0.3 is 0 Å². The standard InChI is InChI=1S/C20H18N8O.ClH/c21-19-23-11-9-17(27-19)25-13-1-5-15(6-2-13)29-16-7-3-14(4-8-16)26-18-10-12-24-20(22)28-18;/h1-12H,(H3,21,23,25,27)(H3,22,24,26,28);1H. The highest BCUT2D eigenvalue weighted by Gasteiger charge is 2.02. The minimum Gasteiger partial charge on any atom is -0.457 e. The van der Waals surface area contributed by atoms with E-state index in [2.05, 4.69) is 30.6 Å². The molecule has 0 atom stereocenters. The van der Waals surface area contributed by atoms with E-state index in [-0.39, 0.29) is 24.3 Å². The summed E-state index contributed by atoms with van der Waals surface area (Å²) in [6.07, 6.45) is 3.20. The van der Waals surface area contributed by atoms with E-state index in [0.717, 1.165) is 11.4 Å². The normalized spacial score (nSPS) is 10.0. The van der Waals surface area contributed by atoms with E-state index in [0.29, 0.717) is 23.1 Å². The van der Waals surface area contributed by atoms with Gasteiger partial charge < -0.3 is 26.8 Å². The third-order valence-corrected chi connectivity index (χ3v) is 3.84. The molecule has 0 spiro atoms. The summed E-state index contributed by atoms with van der Waals surface area (Å²) in [6, 6.07) is 18.5. The van der Waals surface area contributed by atoms with Crippen molar-refractivity contribution in [3.8, 4) is 11.5 Å². The van der Waals surface area contributed by atoms with Crippen LogP contribution in [0.5, 0.6) is 11.5 Å². The Labute approximate surface area is 179 Å². The van der Waals surface area contributed by atoms with Gasteiger partial charge in [0.05, 0.1) is 0 Å². The van der Waals surface area contributed by atoms with Crippen LogP contribution in [0.1, 0.15) is 0 Å². The topological polar surface area (TPSA) is 137 Å². The van der Waals surface area contributed by atoms with Gasteiger partial charge in [0.1, 0.15) is 23.1 Å². The van der Waals surface area contributed by atoms with Crippen LogP contribution >= 0.6 is 12.4 Å². The molecule has 0 aliphatic rings. The van der Waals surface area contributed by atoms with Gasteiger partial charge in [-0.3, -0.25) is 0 Å². The number of benzene rings is 2. The minimum absolute atomic E-state index is 0. The summed E-state index contributed by atoms with van der Waals surface area (Å²) in [5.41, 5.74) is 12.9. The van der Waals surface area contributed by atoms with Gasteiger partial charge in [0, 0.05) is 23.8 Å². The quantitative estimate of drug-likeness (QED) is 0.361. The van der Waals surface area contributed by atoms with Crippen molar-refractivity contribution >= 4 is 47.3 Å². The van der Waals surface area contributed by atoms with Crippen molar-refractivity contribution in [2.24, 2.45) is 0 Å². The van der Waals surface area contributed by atoms with Crippen molar-refractivity contribution < 1.29 is 4.74 Å². The van der Waals surface area contributed by atoms with Crippen molar-refractivity contribution in [2.45, 2.75) is 0 Å². The molecule has 2 heterocycles. The Morgan fingerprint density at radius 3 is 1.37 bits per heavy atom. The number of nitrogens with one attached hydrogen (secondary N) is 2. The molecule has 0 radical (unpaired) electrons. The number of nitrogen functional groups attached to an aromatic ring is 2. The predicted octanol–water partition coefficient (Wildman–Crippen LogP) is 4.13. The summed E-state index contributed by atoms with van der Waals surface area (Å²) in [5.74, 6) is 3.11. The van der Waals surface area contributed by atoms with E-state index >= 15 is 0 Å². The Hall–Kier alpha value is -4.11. The Morgan fingerprint density at radius 1 is 0.600 bits per heavy atom. The highest BCUT2D eigenvalue weighted by atomic mass is 35.5. The molecule has 2 aromatic heterocycles. The lowest BCUT2D eigenvalue weighted by Gasteiger charge is -2.10. The van der Waals surface area contributed by atoms with Crippen LogP contribution in [0.4, 0.5) is 34.9 Å². The molecule has 4 aromatic rings. The van der Waals surface area contributed by atoms with Gasteiger partial charge in [0.15, 0.2) is 0 Å². The van der Waals surface area contributed by atoms with E-state index in [1.165, 1.54) is 0 Å². The highest BCUT2D eigenvalue weighted by molar-refractivity contribution is 5.85. The molecule has 4 rings (SSSR count). The maximum Gasteiger partial charge on any atom is 0.221 e. The molecular formula is C20H19ClN8O. The molecule has 0 unspecified atom stereocenters. The van der Waals surface area contributed by atoms with Crippen LogP contribution in [0.15, 0.2) is 73.1 Å². The zero-order valence-electron chi connectivity index (χ0n) is 15.7. The lowest BCUT2D eigenvalue weighted by Crippen LogP contribution is -1.99. The molecule has 0 aliphatic heterocycles. The van der Waals surface area contributed by atoms with Gasteiger partial charge in [-0.15, -0.1) is 12.4 Å². The fraction of sp³-hybridized carbons (Fsp3) is 0. The predicted molar refractivity (Wildman–Crippen MR) is 120 cm³/mol. The highest BCUT2D eigenvalue weighted by Crippen LogP contribution is 2.26. The van der Waals surface area contributed by atoms with Gasteiger partial charge in [-0.25, -0.2) is 9.97 Å².